The number of carbonyl (C=O) groups is 1. The minimum atomic E-state index is -0.552. The third-order valence-corrected chi connectivity index (χ3v) is 11.8. The number of fused-ring (bicyclic) bond motifs is 2. The summed E-state index contributed by atoms with van der Waals surface area (Å²) in [4.78, 5) is 40.6. The zero-order chi connectivity index (χ0) is 41.4. The number of nitrogens with zero attached hydrogens (tertiary/aromatic N) is 6. The van der Waals surface area contributed by atoms with Crippen LogP contribution in [0.5, 0.6) is 0 Å². The highest BCUT2D eigenvalue weighted by Crippen LogP contribution is 2.36. The maximum Gasteiger partial charge on any atom is 0.408 e. The van der Waals surface area contributed by atoms with Crippen molar-refractivity contribution in [3.8, 4) is 22.3 Å². The number of benzene rings is 2. The van der Waals surface area contributed by atoms with E-state index in [1.165, 1.54) is 56.9 Å². The highest BCUT2D eigenvalue weighted by Gasteiger charge is 2.31. The Kier molecular flexibility index (Phi) is 13.6. The van der Waals surface area contributed by atoms with Crippen LogP contribution in [0.2, 0.25) is 0 Å². The normalized spacial score (nSPS) is 16.2. The van der Waals surface area contributed by atoms with Gasteiger partial charge in [-0.05, 0) is 142 Å². The van der Waals surface area contributed by atoms with E-state index >= 15 is 0 Å². The van der Waals surface area contributed by atoms with Gasteiger partial charge in [0.25, 0.3) is 0 Å². The van der Waals surface area contributed by atoms with Crippen molar-refractivity contribution in [2.45, 2.75) is 129 Å². The van der Waals surface area contributed by atoms with Gasteiger partial charge in [-0.3, -0.25) is 9.97 Å². The van der Waals surface area contributed by atoms with Crippen molar-refractivity contribution in [2.24, 2.45) is 17.6 Å². The second-order valence-electron chi connectivity index (χ2n) is 17.1. The summed E-state index contributed by atoms with van der Waals surface area (Å²) in [6.45, 7) is 9.90. The summed E-state index contributed by atoms with van der Waals surface area (Å²) < 4.78 is 5.58. The molecular formula is C49H60N8O2. The van der Waals surface area contributed by atoms with Crippen LogP contribution in [0, 0.1) is 11.8 Å². The Labute approximate surface area is 349 Å². The lowest BCUT2D eigenvalue weighted by Gasteiger charge is -2.31. The summed E-state index contributed by atoms with van der Waals surface area (Å²) in [5.74, 6) is 2.33. The maximum atomic E-state index is 12.7. The van der Waals surface area contributed by atoms with Crippen LogP contribution in [-0.2, 0) is 17.6 Å². The number of hydrogen-bond acceptors (Lipinski definition) is 9. The third kappa shape index (κ3) is 10.5. The lowest BCUT2D eigenvalue weighted by atomic mass is 9.83. The minimum absolute atomic E-state index is 0.0510. The molecule has 8 rings (SSSR count). The molecule has 4 aromatic heterocycles. The van der Waals surface area contributed by atoms with Crippen LogP contribution in [0.3, 0.4) is 0 Å². The molecule has 0 bridgehead atoms. The molecule has 1 amide bonds. The Morgan fingerprint density at radius 3 is 1.58 bits per heavy atom. The van der Waals surface area contributed by atoms with Gasteiger partial charge in [-0.25, -0.2) is 24.7 Å². The van der Waals surface area contributed by atoms with Crippen molar-refractivity contribution in [2.75, 3.05) is 0 Å². The van der Waals surface area contributed by atoms with Crippen molar-refractivity contribution in [1.29, 1.82) is 0 Å². The van der Waals surface area contributed by atoms with Gasteiger partial charge in [0.15, 0.2) is 5.82 Å². The third-order valence-electron chi connectivity index (χ3n) is 11.8. The van der Waals surface area contributed by atoms with Crippen LogP contribution in [0.4, 0.5) is 4.79 Å². The second-order valence-corrected chi connectivity index (χ2v) is 17.1. The molecule has 2 unspecified atom stereocenters. The van der Waals surface area contributed by atoms with Gasteiger partial charge in [0.05, 0.1) is 34.5 Å². The van der Waals surface area contributed by atoms with Gasteiger partial charge in [0, 0.05) is 35.6 Å². The van der Waals surface area contributed by atoms with Gasteiger partial charge >= 0.3 is 6.09 Å². The number of hydrogen-bond donors (Lipinski definition) is 2. The predicted molar refractivity (Wildman–Crippen MR) is 236 cm³/mol. The van der Waals surface area contributed by atoms with Gasteiger partial charge in [-0.15, -0.1) is 0 Å². The first-order valence-electron chi connectivity index (χ1n) is 21.8. The molecule has 0 radical (unpaired) electrons. The standard InChI is InChI=1S/C27H34N4O2.C22H26N4/c1-5-22-21-17-20(18-13-15-28-16-14-18)11-12-23(21)30-25(29-22)24(19-9-7-6-8-10-19)31-26(32)33-27(2,3)4;1-2-19-18-14-17(15-10-12-24-13-11-15)8-9-20(18)26-22(25-19)21(23)16-6-4-3-5-7-16/h11-17,19,24H,5-10H2,1-4H3,(H,31,32);8-14,16,21H,2-7,23H2,1H3. The SMILES string of the molecule is CCc1nc(C(N)C2CCCCC2)nc2ccc(-c3ccncc3)cc12.CCc1nc(C(NC(=O)OC(C)(C)C)C2CCCCC2)nc2ccc(-c3ccncc3)cc12. The zero-order valence-electron chi connectivity index (χ0n) is 35.5. The van der Waals surface area contributed by atoms with E-state index in [1.54, 1.807) is 12.4 Å². The topological polar surface area (TPSA) is 142 Å². The van der Waals surface area contributed by atoms with E-state index in [1.807, 2.05) is 57.4 Å². The van der Waals surface area contributed by atoms with E-state index in [2.05, 4.69) is 65.5 Å². The van der Waals surface area contributed by atoms with Crippen LogP contribution in [0.15, 0.2) is 85.5 Å². The Hall–Kier alpha value is -5.35. The fraction of sp³-hybridized carbons (Fsp3) is 0.449. The molecule has 0 spiro atoms. The van der Waals surface area contributed by atoms with Gasteiger partial charge in [0.2, 0.25) is 0 Å². The van der Waals surface area contributed by atoms with Gasteiger partial charge in [0.1, 0.15) is 11.4 Å². The molecule has 2 fully saturated rings. The van der Waals surface area contributed by atoms with E-state index < -0.39 is 11.7 Å². The number of alkyl carbamates (subject to hydrolysis) is 1. The quantitative estimate of drug-likeness (QED) is 0.146. The Morgan fingerprint density at radius 1 is 0.644 bits per heavy atom. The highest BCUT2D eigenvalue weighted by molar-refractivity contribution is 5.87. The van der Waals surface area contributed by atoms with E-state index in [4.69, 9.17) is 30.4 Å². The number of carbonyl (C=O) groups excluding carboxylic acids is 1. The van der Waals surface area contributed by atoms with Crippen molar-refractivity contribution in [1.82, 2.24) is 35.2 Å². The first kappa shape index (κ1) is 41.8. The summed E-state index contributed by atoms with van der Waals surface area (Å²) >= 11 is 0. The Bertz CT molecular complexity index is 2320. The van der Waals surface area contributed by atoms with Gasteiger partial charge in [-0.1, -0.05) is 64.5 Å². The lowest BCUT2D eigenvalue weighted by Crippen LogP contribution is -2.39. The number of amides is 1. The van der Waals surface area contributed by atoms with Crippen molar-refractivity contribution in [3.63, 3.8) is 0 Å². The van der Waals surface area contributed by atoms with E-state index in [0.29, 0.717) is 17.7 Å². The molecule has 0 aliphatic heterocycles. The lowest BCUT2D eigenvalue weighted by molar-refractivity contribution is 0.0472. The number of aromatic nitrogens is 6. The highest BCUT2D eigenvalue weighted by atomic mass is 16.6. The number of aryl methyl sites for hydroxylation is 2. The average Bonchev–Trinajstić information content (AvgIpc) is 3.27. The molecule has 4 heterocycles. The molecule has 3 N–H and O–H groups in total. The molecule has 10 heteroatoms. The van der Waals surface area contributed by atoms with Crippen LogP contribution >= 0.6 is 0 Å². The summed E-state index contributed by atoms with van der Waals surface area (Å²) in [5, 5.41) is 5.30. The van der Waals surface area contributed by atoms with Crippen LogP contribution in [0.1, 0.15) is 134 Å². The van der Waals surface area contributed by atoms with Gasteiger partial charge < -0.3 is 15.8 Å². The fourth-order valence-corrected chi connectivity index (χ4v) is 8.70. The number of ether oxygens (including phenoxy) is 1. The number of pyridine rings is 2. The number of nitrogens with two attached hydrogens (primary N) is 1. The van der Waals surface area contributed by atoms with E-state index in [-0.39, 0.29) is 12.1 Å². The van der Waals surface area contributed by atoms with Crippen LogP contribution < -0.4 is 11.1 Å². The maximum absolute atomic E-state index is 12.7. The Balaban J connectivity index is 0.000000184. The molecule has 10 nitrogen and oxygen atoms in total. The van der Waals surface area contributed by atoms with E-state index in [9.17, 15) is 4.79 Å². The largest absolute Gasteiger partial charge is 0.444 e. The molecule has 2 aliphatic carbocycles. The first-order valence-corrected chi connectivity index (χ1v) is 21.8. The van der Waals surface area contributed by atoms with Crippen LogP contribution in [-0.4, -0.2) is 41.6 Å². The van der Waals surface area contributed by atoms with Crippen molar-refractivity contribution in [3.05, 3.63) is 108 Å². The first-order chi connectivity index (χ1) is 28.6. The second kappa shape index (κ2) is 19.1. The molecule has 0 saturated heterocycles. The summed E-state index contributed by atoms with van der Waals surface area (Å²) in [7, 11) is 0. The molecule has 2 saturated carbocycles. The minimum Gasteiger partial charge on any atom is -0.444 e. The summed E-state index contributed by atoms with van der Waals surface area (Å²) in [6, 6.07) is 20.5. The average molecular weight is 793 g/mol. The fourth-order valence-electron chi connectivity index (χ4n) is 8.70. The number of rotatable bonds is 9. The van der Waals surface area contributed by atoms with Crippen molar-refractivity contribution >= 4 is 27.9 Å². The molecular weight excluding hydrogens is 733 g/mol. The van der Waals surface area contributed by atoms with Crippen molar-refractivity contribution < 1.29 is 9.53 Å². The molecule has 2 aliphatic rings. The molecule has 2 aromatic carbocycles. The monoisotopic (exact) mass is 792 g/mol. The predicted octanol–water partition coefficient (Wildman–Crippen LogP) is 11.2. The summed E-state index contributed by atoms with van der Waals surface area (Å²) in [5.41, 5.74) is 14.6. The summed E-state index contributed by atoms with van der Waals surface area (Å²) in [6.07, 6.45) is 20.5. The molecule has 2 atom stereocenters. The number of nitrogens with one attached hydrogen (secondary N) is 1. The van der Waals surface area contributed by atoms with E-state index in [0.717, 1.165) is 81.4 Å². The van der Waals surface area contributed by atoms with Gasteiger partial charge in [-0.2, -0.15) is 0 Å². The molecule has 308 valence electrons. The Morgan fingerprint density at radius 2 is 1.10 bits per heavy atom. The zero-order valence-corrected chi connectivity index (χ0v) is 35.5. The smallest absolute Gasteiger partial charge is 0.408 e. The van der Waals surface area contributed by atoms with Crippen LogP contribution in [0.25, 0.3) is 44.1 Å². The molecule has 59 heavy (non-hydrogen) atoms. The molecule has 6 aromatic rings.